The van der Waals surface area contributed by atoms with Gasteiger partial charge in [-0.3, -0.25) is 0 Å². The van der Waals surface area contributed by atoms with Gasteiger partial charge in [0.1, 0.15) is 24.0 Å². The monoisotopic (exact) mass is 508 g/mol. The number of hydrogen-bond donors (Lipinski definition) is 0. The highest BCUT2D eigenvalue weighted by molar-refractivity contribution is 6.13. The first-order valence-corrected chi connectivity index (χ1v) is 13.5. The third-order valence-corrected chi connectivity index (χ3v) is 8.29. The SMILES string of the molecule is [2H]C1([2H])CCC(C)(C)c2c(C(C)(C)C)ccc(-c3c(F)ccc4c3oc3c(-c5cccc[n+]5C)c(C)ccc34)c21. The molecule has 3 heteroatoms. The van der Waals surface area contributed by atoms with Crippen molar-refractivity contribution in [2.45, 2.75) is 71.6 Å². The Bertz CT molecular complexity index is 1820. The minimum atomic E-state index is -1.60. The lowest BCUT2D eigenvalue weighted by molar-refractivity contribution is -0.660. The zero-order valence-corrected chi connectivity index (χ0v) is 23.4. The fourth-order valence-electron chi connectivity index (χ4n) is 6.28. The number of aryl methyl sites for hydroxylation is 2. The third-order valence-electron chi connectivity index (χ3n) is 8.29. The molecule has 1 aliphatic rings. The fourth-order valence-corrected chi connectivity index (χ4v) is 6.28. The van der Waals surface area contributed by atoms with Gasteiger partial charge in [-0.2, -0.15) is 0 Å². The number of hydrogen-bond acceptors (Lipinski definition) is 1. The van der Waals surface area contributed by atoms with E-state index in [1.54, 1.807) is 6.07 Å². The molecular weight excluding hydrogens is 469 g/mol. The smallest absolute Gasteiger partial charge is 0.216 e. The lowest BCUT2D eigenvalue weighted by Gasteiger charge is -2.39. The van der Waals surface area contributed by atoms with Crippen molar-refractivity contribution in [2.75, 3.05) is 0 Å². The quantitative estimate of drug-likeness (QED) is 0.217. The van der Waals surface area contributed by atoms with Crippen molar-refractivity contribution in [2.24, 2.45) is 7.05 Å². The molecule has 0 spiro atoms. The molecule has 0 saturated carbocycles. The van der Waals surface area contributed by atoms with E-state index in [0.29, 0.717) is 34.3 Å². The van der Waals surface area contributed by atoms with E-state index in [0.717, 1.165) is 45.1 Å². The lowest BCUT2D eigenvalue weighted by Crippen LogP contribution is -2.30. The van der Waals surface area contributed by atoms with Crippen molar-refractivity contribution in [3.63, 3.8) is 0 Å². The number of benzene rings is 3. The summed E-state index contributed by atoms with van der Waals surface area (Å²) in [4.78, 5) is 0. The van der Waals surface area contributed by atoms with E-state index < -0.39 is 12.2 Å². The van der Waals surface area contributed by atoms with Gasteiger partial charge in [-0.05, 0) is 83.0 Å². The summed E-state index contributed by atoms with van der Waals surface area (Å²) in [5, 5.41) is 1.75. The van der Waals surface area contributed by atoms with E-state index in [2.05, 4.69) is 64.3 Å². The maximum atomic E-state index is 16.1. The van der Waals surface area contributed by atoms with Crippen molar-refractivity contribution in [3.05, 3.63) is 88.9 Å². The average Bonchev–Trinajstić information content (AvgIpc) is 3.24. The summed E-state index contributed by atoms with van der Waals surface area (Å²) in [6.45, 7) is 12.9. The lowest BCUT2D eigenvalue weighted by atomic mass is 9.65. The molecule has 0 saturated heterocycles. The Labute approximate surface area is 227 Å². The first-order chi connectivity index (χ1) is 18.7. The molecule has 5 aromatic rings. The number of halogens is 1. The van der Waals surface area contributed by atoms with Crippen LogP contribution in [-0.4, -0.2) is 0 Å². The first kappa shape index (κ1) is 22.5. The molecular formula is C35H37FNO+. The summed E-state index contributed by atoms with van der Waals surface area (Å²) < 4.78 is 43.1. The van der Waals surface area contributed by atoms with Crippen molar-refractivity contribution >= 4 is 21.9 Å². The van der Waals surface area contributed by atoms with Crippen LogP contribution in [0.4, 0.5) is 4.39 Å². The van der Waals surface area contributed by atoms with Crippen LogP contribution in [0, 0.1) is 12.7 Å². The van der Waals surface area contributed by atoms with Crippen LogP contribution in [0.15, 0.2) is 65.2 Å². The Morgan fingerprint density at radius 1 is 0.947 bits per heavy atom. The van der Waals surface area contributed by atoms with E-state index in [4.69, 9.17) is 4.42 Å². The zero-order valence-electron chi connectivity index (χ0n) is 25.4. The summed E-state index contributed by atoms with van der Waals surface area (Å²) in [5.74, 6) is -0.403. The Kier molecular flexibility index (Phi) is 5.05. The van der Waals surface area contributed by atoms with Crippen LogP contribution in [0.1, 0.15) is 72.5 Å². The van der Waals surface area contributed by atoms with E-state index in [-0.39, 0.29) is 10.8 Å². The van der Waals surface area contributed by atoms with Crippen LogP contribution in [-0.2, 0) is 24.3 Å². The summed E-state index contributed by atoms with van der Waals surface area (Å²) in [6, 6.07) is 17.5. The summed E-state index contributed by atoms with van der Waals surface area (Å²) in [7, 11) is 2.01. The van der Waals surface area contributed by atoms with Gasteiger partial charge < -0.3 is 4.42 Å². The molecule has 0 aliphatic heterocycles. The molecule has 194 valence electrons. The molecule has 0 radical (unpaired) electrons. The van der Waals surface area contributed by atoms with Gasteiger partial charge in [0.15, 0.2) is 6.20 Å². The van der Waals surface area contributed by atoms with Gasteiger partial charge in [0, 0.05) is 25.6 Å². The molecule has 2 nitrogen and oxygen atoms in total. The van der Waals surface area contributed by atoms with Crippen LogP contribution in [0.5, 0.6) is 0 Å². The maximum absolute atomic E-state index is 16.1. The summed E-state index contributed by atoms with van der Waals surface area (Å²) in [6.07, 6.45) is 1.53. The van der Waals surface area contributed by atoms with Gasteiger partial charge in [-0.15, -0.1) is 0 Å². The number of aromatic nitrogens is 1. The molecule has 0 bridgehead atoms. The fraction of sp³-hybridized carbons (Fsp3) is 0.343. The second kappa shape index (κ2) is 8.53. The van der Waals surface area contributed by atoms with E-state index in [1.165, 1.54) is 6.07 Å². The minimum Gasteiger partial charge on any atom is -0.454 e. The molecule has 38 heavy (non-hydrogen) atoms. The van der Waals surface area contributed by atoms with Crippen LogP contribution in [0.3, 0.4) is 0 Å². The highest BCUT2D eigenvalue weighted by atomic mass is 19.1. The normalized spacial score (nSPS) is 17.4. The number of rotatable bonds is 2. The maximum Gasteiger partial charge on any atom is 0.216 e. The number of fused-ring (bicyclic) bond motifs is 4. The Hall–Kier alpha value is -3.46. The van der Waals surface area contributed by atoms with E-state index in [9.17, 15) is 2.74 Å². The number of furan rings is 1. The van der Waals surface area contributed by atoms with Crippen LogP contribution in [0.2, 0.25) is 0 Å². The molecule has 6 rings (SSSR count). The standard InChI is InChI=1S/C35H37FNO/c1-21-13-14-24-25-16-18-27(36)30(33(25)38-32(24)29(21)28-12-8-9-20-37(28)7)22-15-17-26(34(2,3)4)31-23(22)11-10-19-35(31,5)6/h8-9,12-18,20H,10-11,19H2,1-7H3/q+1/i11D2. The van der Waals surface area contributed by atoms with Gasteiger partial charge in [-0.1, -0.05) is 58.9 Å². The third kappa shape index (κ3) is 3.70. The minimum absolute atomic E-state index is 0.186. The molecule has 1 aliphatic carbocycles. The molecule has 0 amide bonds. The van der Waals surface area contributed by atoms with Crippen molar-refractivity contribution < 1.29 is 16.1 Å². The first-order valence-electron chi connectivity index (χ1n) is 14.5. The predicted octanol–water partition coefficient (Wildman–Crippen LogP) is 9.10. The van der Waals surface area contributed by atoms with Crippen LogP contribution in [0.25, 0.3) is 44.3 Å². The van der Waals surface area contributed by atoms with E-state index in [1.807, 2.05) is 37.5 Å². The summed E-state index contributed by atoms with van der Waals surface area (Å²) >= 11 is 0. The molecule has 2 heterocycles. The van der Waals surface area contributed by atoms with Gasteiger partial charge in [-0.25, -0.2) is 8.96 Å². The molecule has 2 aromatic heterocycles. The second-order valence-electron chi connectivity index (χ2n) is 12.5. The highest BCUT2D eigenvalue weighted by Crippen LogP contribution is 2.48. The predicted molar refractivity (Wildman–Crippen MR) is 155 cm³/mol. The Balaban J connectivity index is 1.75. The van der Waals surface area contributed by atoms with Gasteiger partial charge in [0.25, 0.3) is 0 Å². The average molecular weight is 509 g/mol. The van der Waals surface area contributed by atoms with E-state index >= 15 is 4.39 Å². The Morgan fingerprint density at radius 2 is 1.66 bits per heavy atom. The second-order valence-corrected chi connectivity index (χ2v) is 12.5. The van der Waals surface area contributed by atoms with Gasteiger partial charge in [0.2, 0.25) is 5.69 Å². The molecule has 0 unspecified atom stereocenters. The van der Waals surface area contributed by atoms with Gasteiger partial charge >= 0.3 is 0 Å². The number of nitrogens with zero attached hydrogens (tertiary/aromatic N) is 1. The largest absolute Gasteiger partial charge is 0.454 e. The Morgan fingerprint density at radius 3 is 2.37 bits per heavy atom. The van der Waals surface area contributed by atoms with Crippen molar-refractivity contribution in [1.82, 2.24) is 0 Å². The number of pyridine rings is 1. The van der Waals surface area contributed by atoms with Gasteiger partial charge in [0.05, 0.1) is 11.1 Å². The van der Waals surface area contributed by atoms with Crippen molar-refractivity contribution in [3.8, 4) is 22.4 Å². The zero-order chi connectivity index (χ0) is 28.8. The van der Waals surface area contributed by atoms with Crippen LogP contribution < -0.4 is 4.57 Å². The van der Waals surface area contributed by atoms with Crippen LogP contribution >= 0.6 is 0 Å². The summed E-state index contributed by atoms with van der Waals surface area (Å²) in [5.41, 5.74) is 7.46. The highest BCUT2D eigenvalue weighted by Gasteiger charge is 2.35. The van der Waals surface area contributed by atoms with Crippen molar-refractivity contribution in [1.29, 1.82) is 0 Å². The molecule has 0 N–H and O–H groups in total. The molecule has 0 atom stereocenters. The molecule has 0 fully saturated rings. The topological polar surface area (TPSA) is 17.0 Å². The molecule has 3 aromatic carbocycles.